The van der Waals surface area contributed by atoms with Gasteiger partial charge in [-0.05, 0) is 44.4 Å². The number of aliphatic hydroxyl groups is 7. The first-order chi connectivity index (χ1) is 19.8. The minimum Gasteiger partial charge on any atom is -0.473 e. The van der Waals surface area contributed by atoms with Crippen LogP contribution in [0.4, 0.5) is 0 Å². The first-order valence-corrected chi connectivity index (χ1v) is 13.7. The molecule has 17 heteroatoms. The van der Waals surface area contributed by atoms with E-state index in [-0.39, 0.29) is 38.0 Å². The summed E-state index contributed by atoms with van der Waals surface area (Å²) in [5.74, 6) is -8.71. The van der Waals surface area contributed by atoms with Crippen LogP contribution in [-0.2, 0) is 42.9 Å². The summed E-state index contributed by atoms with van der Waals surface area (Å²) in [4.78, 5) is 44.8. The Kier molecular flexibility index (Phi) is 10.5. The third-order valence-corrected chi connectivity index (χ3v) is 8.36. The van der Waals surface area contributed by atoms with E-state index in [1.54, 1.807) is 0 Å². The fourth-order valence-corrected chi connectivity index (χ4v) is 6.13. The Morgan fingerprint density at radius 3 is 2.10 bits per heavy atom. The number of esters is 3. The lowest BCUT2D eigenvalue weighted by atomic mass is 9.72. The van der Waals surface area contributed by atoms with Crippen molar-refractivity contribution in [3.63, 3.8) is 0 Å². The highest BCUT2D eigenvalue weighted by Gasteiger charge is 2.52. The predicted molar refractivity (Wildman–Crippen MR) is 129 cm³/mol. The van der Waals surface area contributed by atoms with Crippen molar-refractivity contribution in [3.05, 3.63) is 0 Å². The maximum absolute atomic E-state index is 11.8. The van der Waals surface area contributed by atoms with Crippen molar-refractivity contribution in [1.29, 1.82) is 0 Å². The quantitative estimate of drug-likeness (QED) is 0.0832. The molecule has 238 valence electrons. The summed E-state index contributed by atoms with van der Waals surface area (Å²) in [7, 11) is 0. The SMILES string of the molecule is O=C(O)C(=O)OC(=O)C(=O)OC[C@@H]1O[C@H](OC2CC3C(O)CC(O)CC3OC2C2CCC(O)C(O)C2)[C@@H](O)[C@H](O)[C@H]1O. The van der Waals surface area contributed by atoms with Gasteiger partial charge in [-0.15, -0.1) is 0 Å². The van der Waals surface area contributed by atoms with Gasteiger partial charge >= 0.3 is 23.9 Å². The van der Waals surface area contributed by atoms with Crippen LogP contribution in [0.2, 0.25) is 0 Å². The van der Waals surface area contributed by atoms with Crippen molar-refractivity contribution >= 4 is 23.9 Å². The molecular weight excluding hydrogens is 572 g/mol. The van der Waals surface area contributed by atoms with Crippen molar-refractivity contribution in [2.45, 2.75) is 112 Å². The number of carbonyl (C=O) groups excluding carboxylic acids is 3. The number of hydrogen-bond donors (Lipinski definition) is 8. The molecule has 0 aromatic rings. The summed E-state index contributed by atoms with van der Waals surface area (Å²) in [6, 6.07) is 0. The van der Waals surface area contributed by atoms with Gasteiger partial charge in [-0.2, -0.15) is 0 Å². The molecule has 17 nitrogen and oxygen atoms in total. The first kappa shape index (κ1) is 32.6. The van der Waals surface area contributed by atoms with Crippen LogP contribution < -0.4 is 0 Å². The van der Waals surface area contributed by atoms with Gasteiger partial charge in [-0.1, -0.05) is 0 Å². The van der Waals surface area contributed by atoms with Gasteiger partial charge in [0, 0.05) is 5.92 Å². The minimum atomic E-state index is -2.13. The zero-order valence-corrected chi connectivity index (χ0v) is 22.3. The Labute approximate surface area is 238 Å². The summed E-state index contributed by atoms with van der Waals surface area (Å²) in [5.41, 5.74) is 0. The lowest BCUT2D eigenvalue weighted by Crippen LogP contribution is -2.62. The maximum Gasteiger partial charge on any atom is 0.425 e. The van der Waals surface area contributed by atoms with Gasteiger partial charge in [0.05, 0.1) is 42.7 Å². The van der Waals surface area contributed by atoms with Crippen molar-refractivity contribution < 1.29 is 83.7 Å². The number of fused-ring (bicyclic) bond motifs is 1. The molecular formula is C25H36O17. The van der Waals surface area contributed by atoms with Crippen LogP contribution in [0.5, 0.6) is 0 Å². The number of carbonyl (C=O) groups is 4. The van der Waals surface area contributed by atoms with Crippen LogP contribution in [0, 0.1) is 11.8 Å². The second kappa shape index (κ2) is 13.5. The zero-order valence-electron chi connectivity index (χ0n) is 22.3. The normalized spacial score (nSPS) is 44.0. The van der Waals surface area contributed by atoms with Crippen LogP contribution in [-0.4, -0.2) is 145 Å². The molecule has 2 heterocycles. The van der Waals surface area contributed by atoms with Crippen molar-refractivity contribution in [3.8, 4) is 0 Å². The predicted octanol–water partition coefficient (Wildman–Crippen LogP) is -4.31. The van der Waals surface area contributed by atoms with Crippen LogP contribution in [0.3, 0.4) is 0 Å². The lowest BCUT2D eigenvalue weighted by molar-refractivity contribution is -0.333. The summed E-state index contributed by atoms with van der Waals surface area (Å²) < 4.78 is 26.3. The molecule has 0 aromatic carbocycles. The van der Waals surface area contributed by atoms with Crippen molar-refractivity contribution in [1.82, 2.24) is 0 Å². The largest absolute Gasteiger partial charge is 0.473 e. The Morgan fingerprint density at radius 1 is 0.714 bits per heavy atom. The topological polar surface area (TPSA) is 276 Å². The molecule has 2 aliphatic heterocycles. The molecule has 2 saturated heterocycles. The number of aliphatic hydroxyl groups excluding tert-OH is 7. The van der Waals surface area contributed by atoms with E-state index in [0.717, 1.165) is 0 Å². The van der Waals surface area contributed by atoms with Crippen molar-refractivity contribution in [2.75, 3.05) is 6.61 Å². The molecule has 0 radical (unpaired) electrons. The molecule has 0 spiro atoms. The molecule has 8 N–H and O–H groups in total. The van der Waals surface area contributed by atoms with E-state index in [0.29, 0.717) is 6.42 Å². The van der Waals surface area contributed by atoms with E-state index in [1.807, 2.05) is 0 Å². The Morgan fingerprint density at radius 2 is 1.43 bits per heavy atom. The van der Waals surface area contributed by atoms with E-state index in [2.05, 4.69) is 9.47 Å². The maximum atomic E-state index is 11.8. The standard InChI is InChI=1S/C25H36O17/c26-9-4-12(28)10-6-15(20(39-14(10)5-9)8-1-2-11(27)13(29)3-8)40-25-19(32)18(31)17(30)16(41-25)7-38-23(36)24(37)42-22(35)21(33)34/h8-20,25-32H,1-7H2,(H,33,34)/t8?,9?,10?,11?,12?,13?,14?,15?,16-,17-,18+,19-,20?,25-/m0/s1. The molecule has 0 bridgehead atoms. The number of rotatable bonds is 5. The lowest BCUT2D eigenvalue weighted by Gasteiger charge is -2.51. The number of aliphatic carboxylic acids is 1. The highest BCUT2D eigenvalue weighted by Crippen LogP contribution is 2.43. The average molecular weight is 609 g/mol. The molecule has 0 amide bonds. The molecule has 14 atom stereocenters. The van der Waals surface area contributed by atoms with Gasteiger partial charge in [-0.3, -0.25) is 0 Å². The smallest absolute Gasteiger partial charge is 0.425 e. The van der Waals surface area contributed by atoms with Gasteiger partial charge in [0.25, 0.3) is 0 Å². The number of hydrogen-bond acceptors (Lipinski definition) is 16. The molecule has 2 saturated carbocycles. The van der Waals surface area contributed by atoms with Gasteiger partial charge in [-0.25, -0.2) is 19.2 Å². The molecule has 4 rings (SSSR count). The Bertz CT molecular complexity index is 1010. The van der Waals surface area contributed by atoms with E-state index in [9.17, 15) is 54.9 Å². The minimum absolute atomic E-state index is 0.109. The van der Waals surface area contributed by atoms with Gasteiger partial charge in [0.15, 0.2) is 6.29 Å². The summed E-state index contributed by atoms with van der Waals surface area (Å²) in [6.45, 7) is -0.904. The second-order valence-electron chi connectivity index (χ2n) is 11.2. The van der Waals surface area contributed by atoms with Gasteiger partial charge in [0.1, 0.15) is 31.0 Å². The first-order valence-electron chi connectivity index (χ1n) is 13.7. The summed E-state index contributed by atoms with van der Waals surface area (Å²) in [6.07, 6.45) is -13.2. The third kappa shape index (κ3) is 7.24. The molecule has 4 aliphatic rings. The van der Waals surface area contributed by atoms with Crippen LogP contribution in [0.15, 0.2) is 0 Å². The number of carboxylic acid groups (broad SMARTS) is 1. The molecule has 0 aromatic heterocycles. The monoisotopic (exact) mass is 608 g/mol. The van der Waals surface area contributed by atoms with Gasteiger partial charge in [0.2, 0.25) is 0 Å². The fraction of sp³-hybridized carbons (Fsp3) is 0.840. The number of ether oxygens (including phenoxy) is 5. The fourth-order valence-electron chi connectivity index (χ4n) is 6.13. The third-order valence-electron chi connectivity index (χ3n) is 8.36. The molecule has 9 unspecified atom stereocenters. The molecule has 4 fully saturated rings. The second-order valence-corrected chi connectivity index (χ2v) is 11.2. The van der Waals surface area contributed by atoms with Crippen molar-refractivity contribution in [2.24, 2.45) is 11.8 Å². The zero-order chi connectivity index (χ0) is 30.9. The van der Waals surface area contributed by atoms with Gasteiger partial charge < -0.3 is 64.5 Å². The van der Waals surface area contributed by atoms with Crippen LogP contribution in [0.25, 0.3) is 0 Å². The van der Waals surface area contributed by atoms with E-state index in [4.69, 9.17) is 19.3 Å². The van der Waals surface area contributed by atoms with E-state index >= 15 is 0 Å². The number of carboxylic acids is 1. The highest BCUT2D eigenvalue weighted by atomic mass is 16.7. The molecule has 2 aliphatic carbocycles. The summed E-state index contributed by atoms with van der Waals surface area (Å²) >= 11 is 0. The van der Waals surface area contributed by atoms with Crippen LogP contribution in [0.1, 0.15) is 38.5 Å². The molecule has 42 heavy (non-hydrogen) atoms. The van der Waals surface area contributed by atoms with Crippen LogP contribution >= 0.6 is 0 Å². The summed E-state index contributed by atoms with van der Waals surface area (Å²) in [5, 5.41) is 81.0. The highest BCUT2D eigenvalue weighted by molar-refractivity contribution is 6.38. The Balaban J connectivity index is 1.46. The van der Waals surface area contributed by atoms with E-state index in [1.165, 1.54) is 0 Å². The van der Waals surface area contributed by atoms with E-state index < -0.39 is 110 Å². The Hall–Kier alpha value is -2.32. The average Bonchev–Trinajstić information content (AvgIpc) is 2.93.